The van der Waals surface area contributed by atoms with Crippen molar-refractivity contribution in [2.24, 2.45) is 0 Å². The molecule has 0 saturated carbocycles. The molecule has 9 aromatic carbocycles. The summed E-state index contributed by atoms with van der Waals surface area (Å²) in [4.78, 5) is 0. The Balaban J connectivity index is 1.23. The quantitative estimate of drug-likeness (QED) is 0.137. The number of fused-ring (bicyclic) bond motifs is 13. The zero-order valence-electron chi connectivity index (χ0n) is 25.8. The molecule has 11 aromatic rings. The van der Waals surface area contributed by atoms with Crippen molar-refractivity contribution in [2.45, 2.75) is 0 Å². The van der Waals surface area contributed by atoms with E-state index in [1.165, 1.54) is 85.5 Å². The highest BCUT2D eigenvalue weighted by atomic mass is 32.1. The normalized spacial score (nSPS) is 12.2. The van der Waals surface area contributed by atoms with Crippen molar-refractivity contribution in [3.8, 4) is 22.3 Å². The van der Waals surface area contributed by atoms with E-state index in [0.29, 0.717) is 0 Å². The van der Waals surface area contributed by atoms with Crippen LogP contribution in [0.4, 0.5) is 0 Å². The summed E-state index contributed by atoms with van der Waals surface area (Å²) in [5.41, 5.74) is 6.83. The molecule has 0 amide bonds. The maximum atomic E-state index is 6.21. The van der Waals surface area contributed by atoms with Crippen molar-refractivity contribution in [1.82, 2.24) is 0 Å². The van der Waals surface area contributed by atoms with E-state index in [2.05, 4.69) is 146 Å². The van der Waals surface area contributed by atoms with Gasteiger partial charge in [-0.3, -0.25) is 0 Å². The summed E-state index contributed by atoms with van der Waals surface area (Å²) in [5.74, 6) is 0. The topological polar surface area (TPSA) is 13.1 Å². The molecule has 0 spiro atoms. The minimum Gasteiger partial charge on any atom is -0.456 e. The molecule has 0 aliphatic carbocycles. The minimum absolute atomic E-state index is 0.918. The van der Waals surface area contributed by atoms with E-state index in [1.807, 2.05) is 23.5 Å². The van der Waals surface area contributed by atoms with Crippen LogP contribution in [0.3, 0.4) is 0 Å². The van der Waals surface area contributed by atoms with Crippen molar-refractivity contribution < 1.29 is 4.42 Å². The van der Waals surface area contributed by atoms with Crippen LogP contribution in [0.25, 0.3) is 107 Å². The second-order valence-electron chi connectivity index (χ2n) is 12.8. The Morgan fingerprint density at radius 3 is 1.44 bits per heavy atom. The van der Waals surface area contributed by atoms with Gasteiger partial charge in [0, 0.05) is 36.3 Å². The highest BCUT2D eigenvalue weighted by Crippen LogP contribution is 2.48. The Morgan fingerprint density at radius 2 is 0.792 bits per heavy atom. The summed E-state index contributed by atoms with van der Waals surface area (Å²) in [7, 11) is 0. The number of thiophene rings is 1. The second-order valence-corrected chi connectivity index (χ2v) is 13.8. The van der Waals surface area contributed by atoms with Crippen LogP contribution in [0.1, 0.15) is 0 Å². The fourth-order valence-corrected chi connectivity index (χ4v) is 9.43. The first-order valence-electron chi connectivity index (χ1n) is 16.4. The number of hydrogen-bond donors (Lipinski definition) is 0. The van der Waals surface area contributed by atoms with Crippen LogP contribution in [0, 0.1) is 0 Å². The van der Waals surface area contributed by atoms with Gasteiger partial charge in [-0.2, -0.15) is 0 Å². The van der Waals surface area contributed by atoms with Gasteiger partial charge in [0.2, 0.25) is 0 Å². The molecule has 0 atom stereocenters. The Morgan fingerprint density at radius 1 is 0.333 bits per heavy atom. The standard InChI is InChI=1S/C46H26OS/c1-3-14-32-29(11-1)30-12-2-8-19-37(30)46-45(32)39-26-28(22-24-42(39)48-46)44-35-17-6-4-15-33(35)43(34-16-5-7-18-36(34)44)27-21-23-41-38(25-27)31-13-9-10-20-40(31)47-41/h1-26H. The number of rotatable bonds is 2. The molecular weight excluding hydrogens is 601 g/mol. The lowest BCUT2D eigenvalue weighted by atomic mass is 9.85. The van der Waals surface area contributed by atoms with Gasteiger partial charge in [-0.1, -0.05) is 127 Å². The molecule has 0 fully saturated rings. The molecule has 0 N–H and O–H groups in total. The zero-order valence-corrected chi connectivity index (χ0v) is 26.6. The van der Waals surface area contributed by atoms with Crippen LogP contribution in [0.2, 0.25) is 0 Å². The second kappa shape index (κ2) is 9.78. The monoisotopic (exact) mass is 626 g/mol. The van der Waals surface area contributed by atoms with Crippen LogP contribution in [-0.4, -0.2) is 0 Å². The van der Waals surface area contributed by atoms with E-state index in [1.54, 1.807) is 0 Å². The Kier molecular flexibility index (Phi) is 5.32. The average Bonchev–Trinajstić information content (AvgIpc) is 3.72. The number of benzene rings is 9. The summed E-state index contributed by atoms with van der Waals surface area (Å²) in [6.45, 7) is 0. The zero-order chi connectivity index (χ0) is 31.3. The summed E-state index contributed by atoms with van der Waals surface area (Å²) < 4.78 is 8.89. The van der Waals surface area contributed by atoms with E-state index >= 15 is 0 Å². The lowest BCUT2D eigenvalue weighted by Crippen LogP contribution is -1.90. The summed E-state index contributed by atoms with van der Waals surface area (Å²) in [5, 5.41) is 15.3. The van der Waals surface area contributed by atoms with Gasteiger partial charge in [0.25, 0.3) is 0 Å². The van der Waals surface area contributed by atoms with Crippen LogP contribution in [0.5, 0.6) is 0 Å². The molecule has 222 valence electrons. The molecule has 0 radical (unpaired) electrons. The van der Waals surface area contributed by atoms with Crippen molar-refractivity contribution in [2.75, 3.05) is 0 Å². The van der Waals surface area contributed by atoms with E-state index in [9.17, 15) is 0 Å². The van der Waals surface area contributed by atoms with Crippen molar-refractivity contribution in [3.05, 3.63) is 158 Å². The lowest BCUT2D eigenvalue weighted by Gasteiger charge is -2.18. The predicted octanol–water partition coefficient (Wildman–Crippen LogP) is 13.9. The third-order valence-corrected chi connectivity index (χ3v) is 11.4. The Hall–Kier alpha value is -5.96. The van der Waals surface area contributed by atoms with Crippen LogP contribution >= 0.6 is 11.3 Å². The molecule has 2 heterocycles. The van der Waals surface area contributed by atoms with Gasteiger partial charge in [0.05, 0.1) is 0 Å². The van der Waals surface area contributed by atoms with E-state index in [4.69, 9.17) is 4.42 Å². The fourth-order valence-electron chi connectivity index (χ4n) is 8.19. The molecule has 2 heteroatoms. The van der Waals surface area contributed by atoms with E-state index in [0.717, 1.165) is 21.9 Å². The van der Waals surface area contributed by atoms with Crippen LogP contribution in [0.15, 0.2) is 162 Å². The highest BCUT2D eigenvalue weighted by Gasteiger charge is 2.20. The average molecular weight is 627 g/mol. The number of para-hydroxylation sites is 1. The van der Waals surface area contributed by atoms with Gasteiger partial charge in [-0.15, -0.1) is 11.3 Å². The predicted molar refractivity (Wildman–Crippen MR) is 208 cm³/mol. The largest absolute Gasteiger partial charge is 0.456 e. The molecule has 48 heavy (non-hydrogen) atoms. The Labute approximate surface area is 279 Å². The van der Waals surface area contributed by atoms with Gasteiger partial charge in [0.15, 0.2) is 0 Å². The van der Waals surface area contributed by atoms with Crippen molar-refractivity contribution >= 4 is 96.5 Å². The fraction of sp³-hybridized carbons (Fsp3) is 0. The molecule has 0 unspecified atom stereocenters. The Bertz CT molecular complexity index is 3060. The smallest absolute Gasteiger partial charge is 0.135 e. The minimum atomic E-state index is 0.918. The van der Waals surface area contributed by atoms with Crippen LogP contribution in [-0.2, 0) is 0 Å². The maximum Gasteiger partial charge on any atom is 0.135 e. The SMILES string of the molecule is c1ccc2c(c1)oc1ccc(-c3c4ccccc4c(-c4ccc5sc6c7ccccc7c7ccccc7c6c5c4)c4ccccc34)cc12. The summed E-state index contributed by atoms with van der Waals surface area (Å²) in [6.07, 6.45) is 0. The third-order valence-electron chi connectivity index (χ3n) is 10.2. The molecule has 0 aliphatic rings. The number of furan rings is 1. The highest BCUT2D eigenvalue weighted by molar-refractivity contribution is 7.27. The molecular formula is C46H26OS. The van der Waals surface area contributed by atoms with Gasteiger partial charge in [-0.05, 0) is 90.3 Å². The van der Waals surface area contributed by atoms with Crippen molar-refractivity contribution in [3.63, 3.8) is 0 Å². The van der Waals surface area contributed by atoms with E-state index < -0.39 is 0 Å². The van der Waals surface area contributed by atoms with Gasteiger partial charge < -0.3 is 4.42 Å². The molecule has 11 rings (SSSR count). The maximum absolute atomic E-state index is 6.21. The molecule has 1 nitrogen and oxygen atoms in total. The van der Waals surface area contributed by atoms with Gasteiger partial charge >= 0.3 is 0 Å². The third kappa shape index (κ3) is 3.55. The summed E-state index contributed by atoms with van der Waals surface area (Å²) >= 11 is 1.91. The molecule has 0 saturated heterocycles. The first kappa shape index (κ1) is 26.1. The van der Waals surface area contributed by atoms with Gasteiger partial charge in [0.1, 0.15) is 11.2 Å². The van der Waals surface area contributed by atoms with Crippen LogP contribution < -0.4 is 0 Å². The number of hydrogen-bond acceptors (Lipinski definition) is 2. The summed E-state index contributed by atoms with van der Waals surface area (Å²) in [6, 6.07) is 57.7. The first-order valence-corrected chi connectivity index (χ1v) is 17.2. The van der Waals surface area contributed by atoms with Crippen molar-refractivity contribution in [1.29, 1.82) is 0 Å². The molecule has 0 aliphatic heterocycles. The van der Waals surface area contributed by atoms with E-state index in [-0.39, 0.29) is 0 Å². The molecule has 0 bridgehead atoms. The lowest BCUT2D eigenvalue weighted by molar-refractivity contribution is 0.669. The first-order chi connectivity index (χ1) is 23.8. The molecule has 2 aromatic heterocycles. The van der Waals surface area contributed by atoms with Gasteiger partial charge in [-0.25, -0.2) is 0 Å².